The maximum atomic E-state index is 9.56. The van der Waals surface area contributed by atoms with Gasteiger partial charge in [-0.25, -0.2) is 4.98 Å². The molecular weight excluding hydrogens is 354 g/mol. The van der Waals surface area contributed by atoms with Crippen molar-refractivity contribution in [3.63, 3.8) is 0 Å². The quantitative estimate of drug-likeness (QED) is 0.564. The summed E-state index contributed by atoms with van der Waals surface area (Å²) in [7, 11) is 0. The fourth-order valence-electron chi connectivity index (χ4n) is 3.61. The van der Waals surface area contributed by atoms with Crippen LogP contribution in [0.15, 0.2) is 12.3 Å². The second kappa shape index (κ2) is 6.80. The minimum Gasteiger partial charge on any atom is -0.382 e. The van der Waals surface area contributed by atoms with E-state index in [1.807, 2.05) is 23.9 Å². The van der Waals surface area contributed by atoms with E-state index in [1.54, 1.807) is 4.52 Å². The van der Waals surface area contributed by atoms with E-state index < -0.39 is 0 Å². The van der Waals surface area contributed by atoms with Crippen molar-refractivity contribution in [3.05, 3.63) is 34.8 Å². The fraction of sp³-hybridized carbons (Fsp3) is 0.474. The van der Waals surface area contributed by atoms with Crippen LogP contribution in [0.5, 0.6) is 0 Å². The predicted molar refractivity (Wildman–Crippen MR) is 107 cm³/mol. The zero-order valence-corrected chi connectivity index (χ0v) is 16.2. The summed E-state index contributed by atoms with van der Waals surface area (Å²) in [6.07, 6.45) is 5.68. The van der Waals surface area contributed by atoms with Gasteiger partial charge < -0.3 is 16.8 Å². The topological polar surface area (TPSA) is 136 Å². The minimum absolute atomic E-state index is 0.0249. The first-order valence-electron chi connectivity index (χ1n) is 9.59. The molecule has 0 aromatic carbocycles. The summed E-state index contributed by atoms with van der Waals surface area (Å²) >= 11 is 0. The van der Waals surface area contributed by atoms with E-state index in [1.165, 1.54) is 0 Å². The molecule has 0 spiro atoms. The summed E-state index contributed by atoms with van der Waals surface area (Å²) in [6, 6.07) is 4.16. The van der Waals surface area contributed by atoms with Crippen LogP contribution < -0.4 is 16.8 Å². The molecule has 0 bridgehead atoms. The molecule has 4 rings (SSSR count). The molecule has 1 aliphatic carbocycles. The van der Waals surface area contributed by atoms with Crippen LogP contribution in [0.1, 0.15) is 42.3 Å². The van der Waals surface area contributed by atoms with Gasteiger partial charge in [0, 0.05) is 31.3 Å². The largest absolute Gasteiger partial charge is 0.382 e. The lowest BCUT2D eigenvalue weighted by atomic mass is 10.2. The monoisotopic (exact) mass is 379 g/mol. The number of nitrogens with two attached hydrogens (primary N) is 2. The van der Waals surface area contributed by atoms with E-state index >= 15 is 0 Å². The van der Waals surface area contributed by atoms with Gasteiger partial charge in [-0.05, 0) is 32.3 Å². The van der Waals surface area contributed by atoms with E-state index in [0.29, 0.717) is 42.4 Å². The number of nitriles is 1. The van der Waals surface area contributed by atoms with Gasteiger partial charge in [-0.1, -0.05) is 6.92 Å². The highest BCUT2D eigenvalue weighted by atomic mass is 15.3. The molecule has 5 N–H and O–H groups in total. The third-order valence-electron chi connectivity index (χ3n) is 5.57. The van der Waals surface area contributed by atoms with Crippen molar-refractivity contribution in [2.75, 3.05) is 24.1 Å². The third kappa shape index (κ3) is 2.86. The van der Waals surface area contributed by atoms with E-state index in [9.17, 15) is 5.26 Å². The van der Waals surface area contributed by atoms with Crippen molar-refractivity contribution in [2.24, 2.45) is 5.73 Å². The minimum atomic E-state index is 0.0249. The molecule has 0 radical (unpaired) electrons. The van der Waals surface area contributed by atoms with E-state index in [0.717, 1.165) is 36.2 Å². The number of aromatic nitrogens is 5. The molecule has 3 aromatic rings. The molecule has 0 aliphatic heterocycles. The molecule has 0 amide bonds. The Morgan fingerprint density at radius 3 is 2.79 bits per heavy atom. The number of nitrogens with zero attached hydrogens (tertiary/aromatic N) is 6. The zero-order chi connectivity index (χ0) is 19.9. The molecule has 9 heteroatoms. The summed E-state index contributed by atoms with van der Waals surface area (Å²) in [4.78, 5) is 4.64. The second-order valence-electron chi connectivity index (χ2n) is 7.34. The number of anilines is 2. The van der Waals surface area contributed by atoms with Gasteiger partial charge in [-0.3, -0.25) is 4.68 Å². The highest BCUT2D eigenvalue weighted by molar-refractivity contribution is 5.69. The number of hydrogen-bond donors (Lipinski definition) is 3. The maximum absolute atomic E-state index is 9.56. The number of nitrogens with one attached hydrogen (secondary N) is 1. The smallest absolute Gasteiger partial charge is 0.163 e. The molecule has 0 saturated heterocycles. The van der Waals surface area contributed by atoms with Gasteiger partial charge in [0.05, 0.1) is 16.9 Å². The predicted octanol–water partition coefficient (Wildman–Crippen LogP) is 1.35. The number of hydrogen-bond acceptors (Lipinski definition) is 7. The van der Waals surface area contributed by atoms with Gasteiger partial charge >= 0.3 is 0 Å². The van der Waals surface area contributed by atoms with Crippen molar-refractivity contribution in [3.8, 4) is 6.07 Å². The van der Waals surface area contributed by atoms with Gasteiger partial charge in [0.25, 0.3) is 0 Å². The van der Waals surface area contributed by atoms with Crippen LogP contribution in [0.25, 0.3) is 5.65 Å². The van der Waals surface area contributed by atoms with Gasteiger partial charge in [-0.2, -0.15) is 20.0 Å². The van der Waals surface area contributed by atoms with Crippen LogP contribution in [0.4, 0.5) is 11.6 Å². The van der Waals surface area contributed by atoms with E-state index in [2.05, 4.69) is 33.5 Å². The number of aryl methyl sites for hydroxylation is 2. The molecule has 1 saturated carbocycles. The summed E-state index contributed by atoms with van der Waals surface area (Å²) < 4.78 is 3.55. The normalized spacial score (nSPS) is 14.9. The van der Waals surface area contributed by atoms with Crippen LogP contribution in [0.3, 0.4) is 0 Å². The average Bonchev–Trinajstić information content (AvgIpc) is 3.23. The Morgan fingerprint density at radius 2 is 2.14 bits per heavy atom. The molecule has 3 aromatic heterocycles. The lowest BCUT2D eigenvalue weighted by Gasteiger charge is -2.12. The van der Waals surface area contributed by atoms with Gasteiger partial charge in [0.15, 0.2) is 5.65 Å². The molecule has 1 aliphatic rings. The molecule has 146 valence electrons. The van der Waals surface area contributed by atoms with E-state index in [4.69, 9.17) is 11.5 Å². The maximum Gasteiger partial charge on any atom is 0.163 e. The molecular formula is C19H25N9. The van der Waals surface area contributed by atoms with Crippen LogP contribution >= 0.6 is 0 Å². The van der Waals surface area contributed by atoms with Crippen LogP contribution in [0.2, 0.25) is 0 Å². The Labute approximate surface area is 163 Å². The Bertz CT molecular complexity index is 1070. The van der Waals surface area contributed by atoms with Crippen LogP contribution in [0, 0.1) is 18.3 Å². The fourth-order valence-corrected chi connectivity index (χ4v) is 3.61. The molecule has 1 fully saturated rings. The lowest BCUT2D eigenvalue weighted by molar-refractivity contribution is 0.438. The van der Waals surface area contributed by atoms with Gasteiger partial charge in [0.1, 0.15) is 23.3 Å². The SMILES string of the molecule is CCc1c(C)nn2c(N)c(C#N)c(NCCc3ccn(C4(CN)CC4)n3)nc12. The highest BCUT2D eigenvalue weighted by Gasteiger charge is 2.44. The van der Waals surface area contributed by atoms with Crippen molar-refractivity contribution < 1.29 is 0 Å². The Balaban J connectivity index is 1.54. The highest BCUT2D eigenvalue weighted by Crippen LogP contribution is 2.41. The van der Waals surface area contributed by atoms with Crippen molar-refractivity contribution in [2.45, 2.75) is 45.1 Å². The molecule has 0 unspecified atom stereocenters. The van der Waals surface area contributed by atoms with Crippen molar-refractivity contribution in [1.82, 2.24) is 24.4 Å². The molecule has 28 heavy (non-hydrogen) atoms. The van der Waals surface area contributed by atoms with Crippen molar-refractivity contribution in [1.29, 1.82) is 5.26 Å². The summed E-state index contributed by atoms with van der Waals surface area (Å²) in [6.45, 7) is 5.19. The Kier molecular flexibility index (Phi) is 4.43. The standard InChI is InChI=1S/C19H25N9/c1-3-14-12(2)25-28-16(22)15(10-20)17(24-18(14)28)23-8-4-13-5-9-27(26-13)19(11-21)6-7-19/h5,9H,3-4,6-8,11,21-22H2,1-2H3,(H,23,24). The molecule has 0 atom stereocenters. The third-order valence-corrected chi connectivity index (χ3v) is 5.57. The number of nitrogen functional groups attached to an aromatic ring is 1. The lowest BCUT2D eigenvalue weighted by Crippen LogP contribution is -2.27. The van der Waals surface area contributed by atoms with Gasteiger partial charge in [0.2, 0.25) is 0 Å². The second-order valence-corrected chi connectivity index (χ2v) is 7.34. The van der Waals surface area contributed by atoms with Crippen LogP contribution in [-0.2, 0) is 18.4 Å². The van der Waals surface area contributed by atoms with Crippen LogP contribution in [-0.4, -0.2) is 37.5 Å². The van der Waals surface area contributed by atoms with Crippen molar-refractivity contribution >= 4 is 17.3 Å². The number of rotatable bonds is 7. The first-order valence-corrected chi connectivity index (χ1v) is 9.59. The average molecular weight is 379 g/mol. The molecule has 3 heterocycles. The summed E-state index contributed by atoms with van der Waals surface area (Å²) in [5.74, 6) is 0.794. The summed E-state index contributed by atoms with van der Waals surface area (Å²) in [5.41, 5.74) is 16.0. The number of fused-ring (bicyclic) bond motifs is 1. The summed E-state index contributed by atoms with van der Waals surface area (Å²) in [5, 5.41) is 21.9. The Morgan fingerprint density at radius 1 is 1.36 bits per heavy atom. The Hall–Kier alpha value is -3.12. The van der Waals surface area contributed by atoms with Gasteiger partial charge in [-0.15, -0.1) is 0 Å². The first-order chi connectivity index (χ1) is 13.5. The molecule has 9 nitrogen and oxygen atoms in total. The first kappa shape index (κ1) is 18.3. The van der Waals surface area contributed by atoms with E-state index in [-0.39, 0.29) is 5.54 Å². The zero-order valence-electron chi connectivity index (χ0n) is 16.2.